The van der Waals surface area contributed by atoms with Crippen LogP contribution in [0, 0.1) is 35.5 Å². The molecule has 1 aliphatic rings. The molecule has 0 heterocycles. The first-order chi connectivity index (χ1) is 18.4. The number of primary amides is 1. The topological polar surface area (TPSA) is 146 Å². The average molecular weight is 550 g/mol. The molecule has 1 saturated carbocycles. The molecule has 1 aliphatic carbocycles. The van der Waals surface area contributed by atoms with E-state index in [-0.39, 0.29) is 42.0 Å². The molecular formula is C30H51N3O6. The minimum Gasteiger partial charge on any atom is -0.493 e. The molecule has 0 radical (unpaired) electrons. The van der Waals surface area contributed by atoms with E-state index in [9.17, 15) is 14.7 Å². The Kier molecular flexibility index (Phi) is 13.0. The van der Waals surface area contributed by atoms with Crippen LogP contribution in [0.3, 0.4) is 0 Å². The number of amides is 2. The largest absolute Gasteiger partial charge is 0.493 e. The lowest BCUT2D eigenvalue weighted by atomic mass is 9.81. The second kappa shape index (κ2) is 15.4. The van der Waals surface area contributed by atoms with Crippen molar-refractivity contribution in [1.82, 2.24) is 5.32 Å². The van der Waals surface area contributed by atoms with Crippen molar-refractivity contribution in [2.24, 2.45) is 47.0 Å². The van der Waals surface area contributed by atoms with Gasteiger partial charge in [0.1, 0.15) is 0 Å². The third kappa shape index (κ3) is 9.65. The quantitative estimate of drug-likeness (QED) is 0.206. The molecule has 2 rings (SSSR count). The van der Waals surface area contributed by atoms with Crippen molar-refractivity contribution in [3.63, 3.8) is 0 Å². The zero-order valence-electron chi connectivity index (χ0n) is 24.8. The summed E-state index contributed by atoms with van der Waals surface area (Å²) in [4.78, 5) is 24.6. The van der Waals surface area contributed by atoms with Gasteiger partial charge >= 0.3 is 0 Å². The van der Waals surface area contributed by atoms with Gasteiger partial charge in [-0.2, -0.15) is 0 Å². The van der Waals surface area contributed by atoms with Gasteiger partial charge in [0.2, 0.25) is 11.8 Å². The van der Waals surface area contributed by atoms with Crippen molar-refractivity contribution in [2.45, 2.75) is 78.5 Å². The van der Waals surface area contributed by atoms with Crippen LogP contribution >= 0.6 is 0 Å². The summed E-state index contributed by atoms with van der Waals surface area (Å²) < 4.78 is 16.5. The zero-order valence-corrected chi connectivity index (χ0v) is 24.8. The van der Waals surface area contributed by atoms with Crippen LogP contribution in [0.25, 0.3) is 0 Å². The van der Waals surface area contributed by atoms with E-state index >= 15 is 0 Å². The normalized spacial score (nSPS) is 21.8. The van der Waals surface area contributed by atoms with E-state index in [0.717, 1.165) is 18.4 Å². The fourth-order valence-electron chi connectivity index (χ4n) is 5.26. The molecule has 0 saturated heterocycles. The van der Waals surface area contributed by atoms with Crippen LogP contribution in [0.15, 0.2) is 18.2 Å². The number of aliphatic hydroxyl groups is 1. The Balaban J connectivity index is 2.01. The third-order valence-corrected chi connectivity index (χ3v) is 8.14. The Morgan fingerprint density at radius 2 is 1.74 bits per heavy atom. The lowest BCUT2D eigenvalue weighted by Gasteiger charge is -2.30. The van der Waals surface area contributed by atoms with Crippen molar-refractivity contribution in [2.75, 3.05) is 27.4 Å². The highest BCUT2D eigenvalue weighted by Crippen LogP contribution is 2.39. The van der Waals surface area contributed by atoms with Crippen molar-refractivity contribution in [1.29, 1.82) is 0 Å². The van der Waals surface area contributed by atoms with E-state index in [1.165, 1.54) is 0 Å². The number of nitrogens with two attached hydrogens (primary N) is 2. The predicted molar refractivity (Wildman–Crippen MR) is 152 cm³/mol. The minimum absolute atomic E-state index is 0.00967. The molecule has 0 aromatic heterocycles. The summed E-state index contributed by atoms with van der Waals surface area (Å²) in [6.45, 7) is 11.3. The number of hydrogen-bond donors (Lipinski definition) is 4. The summed E-state index contributed by atoms with van der Waals surface area (Å²) in [7, 11) is 3.29. The Morgan fingerprint density at radius 1 is 1.05 bits per heavy atom. The molecule has 2 amide bonds. The Morgan fingerprint density at radius 3 is 2.28 bits per heavy atom. The van der Waals surface area contributed by atoms with Crippen molar-refractivity contribution in [3.05, 3.63) is 23.8 Å². The maximum atomic E-state index is 13.0. The fourth-order valence-corrected chi connectivity index (χ4v) is 5.26. The van der Waals surface area contributed by atoms with E-state index in [2.05, 4.69) is 19.2 Å². The summed E-state index contributed by atoms with van der Waals surface area (Å²) in [6.07, 6.45) is 1.61. The van der Waals surface area contributed by atoms with Gasteiger partial charge in [-0.25, -0.2) is 0 Å². The fraction of sp³-hybridized carbons (Fsp3) is 0.733. The maximum absolute atomic E-state index is 13.0. The first-order valence-corrected chi connectivity index (χ1v) is 14.2. The van der Waals surface area contributed by atoms with Crippen LogP contribution in [-0.2, 0) is 20.7 Å². The van der Waals surface area contributed by atoms with E-state index in [1.54, 1.807) is 14.2 Å². The number of nitrogens with one attached hydrogen (secondary N) is 1. The second-order valence-corrected chi connectivity index (χ2v) is 11.8. The van der Waals surface area contributed by atoms with Gasteiger partial charge < -0.3 is 36.1 Å². The van der Waals surface area contributed by atoms with Gasteiger partial charge in [0.15, 0.2) is 11.5 Å². The van der Waals surface area contributed by atoms with Gasteiger partial charge in [0.25, 0.3) is 0 Å². The highest BCUT2D eigenvalue weighted by Gasteiger charge is 2.52. The molecule has 3 unspecified atom stereocenters. The zero-order chi connectivity index (χ0) is 29.3. The molecule has 0 bridgehead atoms. The summed E-state index contributed by atoms with van der Waals surface area (Å²) >= 11 is 0. The Bertz CT molecular complexity index is 924. The SMILES string of the molecule is COCCCOc1cc(C[C@@H](C[C@H](N)[C@@H](O)C[C@H](C(=O)NC2C(C)C2C(N)=O)C(C)C)C(C)C)ccc1OC. The second-order valence-electron chi connectivity index (χ2n) is 11.8. The molecule has 39 heavy (non-hydrogen) atoms. The van der Waals surface area contributed by atoms with Gasteiger partial charge in [-0.1, -0.05) is 40.7 Å². The van der Waals surface area contributed by atoms with E-state index in [4.69, 9.17) is 25.7 Å². The van der Waals surface area contributed by atoms with Crippen LogP contribution in [0.5, 0.6) is 11.5 Å². The van der Waals surface area contributed by atoms with E-state index in [1.807, 2.05) is 39.0 Å². The number of rotatable bonds is 18. The molecule has 6 N–H and O–H groups in total. The number of benzene rings is 1. The van der Waals surface area contributed by atoms with Crippen LogP contribution < -0.4 is 26.3 Å². The van der Waals surface area contributed by atoms with Crippen molar-refractivity contribution in [3.8, 4) is 11.5 Å². The van der Waals surface area contributed by atoms with E-state index in [0.29, 0.717) is 37.1 Å². The lowest BCUT2D eigenvalue weighted by molar-refractivity contribution is -0.128. The molecule has 9 heteroatoms. The molecule has 7 atom stereocenters. The maximum Gasteiger partial charge on any atom is 0.223 e. The number of aliphatic hydroxyl groups excluding tert-OH is 1. The first kappa shape index (κ1) is 32.8. The minimum atomic E-state index is -0.830. The van der Waals surface area contributed by atoms with Gasteiger partial charge in [-0.15, -0.1) is 0 Å². The Labute approximate surface area is 234 Å². The summed E-state index contributed by atoms with van der Waals surface area (Å²) in [6, 6.07) is 5.26. The molecule has 222 valence electrons. The van der Waals surface area contributed by atoms with Gasteiger partial charge in [0, 0.05) is 38.1 Å². The van der Waals surface area contributed by atoms with E-state index < -0.39 is 24.0 Å². The van der Waals surface area contributed by atoms with Crippen molar-refractivity contribution < 1.29 is 28.9 Å². The molecule has 1 aromatic rings. The summed E-state index contributed by atoms with van der Waals surface area (Å²) in [5.41, 5.74) is 13.1. The van der Waals surface area contributed by atoms with Crippen LogP contribution in [0.2, 0.25) is 0 Å². The molecule has 0 spiro atoms. The first-order valence-electron chi connectivity index (χ1n) is 14.2. The molecule has 0 aliphatic heterocycles. The number of ether oxygens (including phenoxy) is 3. The van der Waals surface area contributed by atoms with Crippen LogP contribution in [-0.4, -0.2) is 62.5 Å². The summed E-state index contributed by atoms with van der Waals surface area (Å²) in [5.74, 6) is 0.701. The highest BCUT2D eigenvalue weighted by molar-refractivity contribution is 5.85. The third-order valence-electron chi connectivity index (χ3n) is 8.14. The van der Waals surface area contributed by atoms with Gasteiger partial charge in [-0.05, 0) is 60.6 Å². The van der Waals surface area contributed by atoms with Gasteiger partial charge in [0.05, 0.1) is 25.7 Å². The number of carbonyl (C=O) groups is 2. The molecule has 1 fully saturated rings. The predicted octanol–water partition coefficient (Wildman–Crippen LogP) is 2.90. The Hall–Kier alpha value is -2.36. The smallest absolute Gasteiger partial charge is 0.223 e. The van der Waals surface area contributed by atoms with Gasteiger partial charge in [-0.3, -0.25) is 9.59 Å². The number of carbonyl (C=O) groups excluding carboxylic acids is 2. The summed E-state index contributed by atoms with van der Waals surface area (Å²) in [5, 5.41) is 14.0. The molecular weight excluding hydrogens is 498 g/mol. The van der Waals surface area contributed by atoms with Crippen LogP contribution in [0.1, 0.15) is 59.4 Å². The monoisotopic (exact) mass is 549 g/mol. The number of methoxy groups -OCH3 is 2. The molecule has 9 nitrogen and oxygen atoms in total. The van der Waals surface area contributed by atoms with Crippen molar-refractivity contribution >= 4 is 11.8 Å². The molecule has 1 aromatic carbocycles. The highest BCUT2D eigenvalue weighted by atomic mass is 16.5. The average Bonchev–Trinajstić information content (AvgIpc) is 3.52. The lowest BCUT2D eigenvalue weighted by Crippen LogP contribution is -2.43. The standard InChI is InChI=1S/C30H51N3O6/c1-17(2)21(13-20-9-10-25(38-7)26(14-20)39-12-8-11-37-6)15-23(31)24(34)16-22(18(3)4)30(36)33-28-19(5)27(28)29(32)35/h9-10,14,17-19,21-24,27-28,34H,8,11-13,15-16,31H2,1-7H3,(H2,32,35)(H,33,36)/t19?,21-,22-,23-,24-,27?,28?/m0/s1. The van der Waals surface area contributed by atoms with Crippen LogP contribution in [0.4, 0.5) is 0 Å². The number of hydrogen-bond acceptors (Lipinski definition) is 7.